The minimum atomic E-state index is 0.0942. The van der Waals surface area contributed by atoms with Gasteiger partial charge in [0.05, 0.1) is 12.2 Å². The first kappa shape index (κ1) is 9.27. The standard InChI is InChI=1S/C10H14N2O2/c13-10(9-2-3-11-8-9)12-4-1-6-14-7-5-12/h2-3,8,11H,1,4-7H2. The van der Waals surface area contributed by atoms with E-state index >= 15 is 0 Å². The topological polar surface area (TPSA) is 45.3 Å². The number of hydrogen-bond acceptors (Lipinski definition) is 2. The van der Waals surface area contributed by atoms with Crippen LogP contribution in [0.3, 0.4) is 0 Å². The monoisotopic (exact) mass is 194 g/mol. The Kier molecular flexibility index (Phi) is 2.84. The van der Waals surface area contributed by atoms with Gasteiger partial charge >= 0.3 is 0 Å². The number of amides is 1. The third-order valence-corrected chi connectivity index (χ3v) is 2.35. The lowest BCUT2D eigenvalue weighted by Gasteiger charge is -2.18. The summed E-state index contributed by atoms with van der Waals surface area (Å²) >= 11 is 0. The second kappa shape index (κ2) is 4.28. The third-order valence-electron chi connectivity index (χ3n) is 2.35. The number of rotatable bonds is 1. The zero-order valence-electron chi connectivity index (χ0n) is 8.03. The number of nitrogens with one attached hydrogen (secondary N) is 1. The van der Waals surface area contributed by atoms with Gasteiger partial charge in [0, 0.05) is 32.1 Å². The number of carbonyl (C=O) groups excluding carboxylic acids is 1. The Bertz CT molecular complexity index is 287. The molecule has 76 valence electrons. The van der Waals surface area contributed by atoms with Crippen LogP contribution < -0.4 is 0 Å². The molecule has 1 amide bonds. The molecule has 1 aliphatic rings. The average Bonchev–Trinajstić information content (AvgIpc) is 2.59. The van der Waals surface area contributed by atoms with Crippen LogP contribution in [0, 0.1) is 0 Å². The maximum atomic E-state index is 11.9. The summed E-state index contributed by atoms with van der Waals surface area (Å²) < 4.78 is 5.29. The van der Waals surface area contributed by atoms with E-state index in [1.807, 2.05) is 4.90 Å². The van der Waals surface area contributed by atoms with E-state index in [-0.39, 0.29) is 5.91 Å². The largest absolute Gasteiger partial charge is 0.380 e. The minimum absolute atomic E-state index is 0.0942. The second-order valence-electron chi connectivity index (χ2n) is 3.36. The van der Waals surface area contributed by atoms with Gasteiger partial charge in [0.2, 0.25) is 0 Å². The van der Waals surface area contributed by atoms with E-state index in [2.05, 4.69) is 4.98 Å². The van der Waals surface area contributed by atoms with Crippen LogP contribution in [-0.2, 0) is 4.74 Å². The molecular weight excluding hydrogens is 180 g/mol. The van der Waals surface area contributed by atoms with E-state index < -0.39 is 0 Å². The van der Waals surface area contributed by atoms with E-state index in [1.165, 1.54) is 0 Å². The van der Waals surface area contributed by atoms with Crippen molar-refractivity contribution in [2.24, 2.45) is 0 Å². The van der Waals surface area contributed by atoms with Crippen LogP contribution >= 0.6 is 0 Å². The molecule has 1 aromatic heterocycles. The number of H-pyrrole nitrogens is 1. The summed E-state index contributed by atoms with van der Waals surface area (Å²) in [6.45, 7) is 2.90. The first-order valence-corrected chi connectivity index (χ1v) is 4.88. The lowest BCUT2D eigenvalue weighted by Crippen LogP contribution is -2.32. The van der Waals surface area contributed by atoms with E-state index in [1.54, 1.807) is 18.5 Å². The Morgan fingerprint density at radius 2 is 2.36 bits per heavy atom. The molecule has 0 aliphatic carbocycles. The van der Waals surface area contributed by atoms with Crippen LogP contribution in [0.15, 0.2) is 18.5 Å². The van der Waals surface area contributed by atoms with Gasteiger partial charge in [-0.05, 0) is 12.5 Å². The Hall–Kier alpha value is -1.29. The Morgan fingerprint density at radius 3 is 3.14 bits per heavy atom. The van der Waals surface area contributed by atoms with E-state index in [0.29, 0.717) is 13.2 Å². The Balaban J connectivity index is 2.03. The van der Waals surface area contributed by atoms with Crippen LogP contribution in [0.5, 0.6) is 0 Å². The first-order chi connectivity index (χ1) is 6.88. The zero-order chi connectivity index (χ0) is 9.80. The highest BCUT2D eigenvalue weighted by Crippen LogP contribution is 2.06. The van der Waals surface area contributed by atoms with Crippen molar-refractivity contribution in [3.05, 3.63) is 24.0 Å². The summed E-state index contributed by atoms with van der Waals surface area (Å²) in [5, 5.41) is 0. The molecular formula is C10H14N2O2. The summed E-state index contributed by atoms with van der Waals surface area (Å²) in [6, 6.07) is 1.80. The minimum Gasteiger partial charge on any atom is -0.380 e. The van der Waals surface area contributed by atoms with Crippen molar-refractivity contribution >= 4 is 5.91 Å². The van der Waals surface area contributed by atoms with Gasteiger partial charge in [0.25, 0.3) is 5.91 Å². The second-order valence-corrected chi connectivity index (χ2v) is 3.36. The molecule has 0 aromatic carbocycles. The number of aromatic nitrogens is 1. The molecule has 14 heavy (non-hydrogen) atoms. The molecule has 0 bridgehead atoms. The molecule has 4 nitrogen and oxygen atoms in total. The van der Waals surface area contributed by atoms with Crippen molar-refractivity contribution in [2.45, 2.75) is 6.42 Å². The normalized spacial score (nSPS) is 17.9. The molecule has 1 saturated heterocycles. The highest BCUT2D eigenvalue weighted by Gasteiger charge is 2.17. The smallest absolute Gasteiger partial charge is 0.255 e. The van der Waals surface area contributed by atoms with Gasteiger partial charge in [-0.25, -0.2) is 0 Å². The predicted molar refractivity (Wildman–Crippen MR) is 52.1 cm³/mol. The van der Waals surface area contributed by atoms with Crippen molar-refractivity contribution in [3.63, 3.8) is 0 Å². The van der Waals surface area contributed by atoms with E-state index in [0.717, 1.165) is 25.1 Å². The number of ether oxygens (including phenoxy) is 1. The molecule has 0 unspecified atom stereocenters. The number of aromatic amines is 1. The fourth-order valence-corrected chi connectivity index (χ4v) is 1.59. The Labute approximate surface area is 82.9 Å². The molecule has 1 aliphatic heterocycles. The molecule has 1 fully saturated rings. The van der Waals surface area contributed by atoms with E-state index in [4.69, 9.17) is 4.74 Å². The van der Waals surface area contributed by atoms with Crippen molar-refractivity contribution in [2.75, 3.05) is 26.3 Å². The first-order valence-electron chi connectivity index (χ1n) is 4.88. The number of hydrogen-bond donors (Lipinski definition) is 1. The summed E-state index contributed by atoms with van der Waals surface area (Å²) in [4.78, 5) is 16.6. The molecule has 2 rings (SSSR count). The maximum absolute atomic E-state index is 11.9. The average molecular weight is 194 g/mol. The molecule has 0 saturated carbocycles. The van der Waals surface area contributed by atoms with Gasteiger partial charge in [-0.3, -0.25) is 4.79 Å². The summed E-state index contributed by atoms with van der Waals surface area (Å²) in [6.07, 6.45) is 4.42. The molecule has 4 heteroatoms. The fraction of sp³-hybridized carbons (Fsp3) is 0.500. The summed E-state index contributed by atoms with van der Waals surface area (Å²) in [5.74, 6) is 0.0942. The summed E-state index contributed by atoms with van der Waals surface area (Å²) in [7, 11) is 0. The van der Waals surface area contributed by atoms with Crippen molar-refractivity contribution in [3.8, 4) is 0 Å². The molecule has 2 heterocycles. The SMILES string of the molecule is O=C(c1cc[nH]c1)N1CCCOCC1. The van der Waals surface area contributed by atoms with Crippen LogP contribution in [-0.4, -0.2) is 42.1 Å². The fourth-order valence-electron chi connectivity index (χ4n) is 1.59. The quantitative estimate of drug-likeness (QED) is 0.721. The Morgan fingerprint density at radius 1 is 1.43 bits per heavy atom. The number of carbonyl (C=O) groups is 1. The number of nitrogens with zero attached hydrogens (tertiary/aromatic N) is 1. The molecule has 1 aromatic rings. The molecule has 1 N–H and O–H groups in total. The van der Waals surface area contributed by atoms with E-state index in [9.17, 15) is 4.79 Å². The zero-order valence-corrected chi connectivity index (χ0v) is 8.03. The van der Waals surface area contributed by atoms with Gasteiger partial charge in [-0.2, -0.15) is 0 Å². The van der Waals surface area contributed by atoms with Crippen LogP contribution in [0.1, 0.15) is 16.8 Å². The van der Waals surface area contributed by atoms with Gasteiger partial charge in [0.1, 0.15) is 0 Å². The summed E-state index contributed by atoms with van der Waals surface area (Å²) in [5.41, 5.74) is 0.729. The van der Waals surface area contributed by atoms with Gasteiger partial charge < -0.3 is 14.6 Å². The van der Waals surface area contributed by atoms with Crippen LogP contribution in [0.4, 0.5) is 0 Å². The van der Waals surface area contributed by atoms with Crippen molar-refractivity contribution < 1.29 is 9.53 Å². The molecule has 0 radical (unpaired) electrons. The molecule has 0 atom stereocenters. The lowest BCUT2D eigenvalue weighted by atomic mass is 10.3. The van der Waals surface area contributed by atoms with Crippen LogP contribution in [0.25, 0.3) is 0 Å². The van der Waals surface area contributed by atoms with Crippen molar-refractivity contribution in [1.82, 2.24) is 9.88 Å². The van der Waals surface area contributed by atoms with Crippen LogP contribution in [0.2, 0.25) is 0 Å². The molecule has 0 spiro atoms. The van der Waals surface area contributed by atoms with Gasteiger partial charge in [-0.1, -0.05) is 0 Å². The highest BCUT2D eigenvalue weighted by molar-refractivity contribution is 5.94. The lowest BCUT2D eigenvalue weighted by molar-refractivity contribution is 0.0741. The highest BCUT2D eigenvalue weighted by atomic mass is 16.5. The third kappa shape index (κ3) is 1.96. The van der Waals surface area contributed by atoms with Gasteiger partial charge in [0.15, 0.2) is 0 Å². The predicted octanol–water partition coefficient (Wildman–Crippen LogP) is 0.877. The maximum Gasteiger partial charge on any atom is 0.255 e. The van der Waals surface area contributed by atoms with Gasteiger partial charge in [-0.15, -0.1) is 0 Å². The van der Waals surface area contributed by atoms with Crippen molar-refractivity contribution in [1.29, 1.82) is 0 Å².